The number of likely N-dealkylation sites (tertiary alicyclic amines) is 1. The maximum absolute atomic E-state index is 12.2. The van der Waals surface area contributed by atoms with Gasteiger partial charge in [-0.25, -0.2) is 0 Å². The van der Waals surface area contributed by atoms with E-state index in [0.717, 1.165) is 31.7 Å². The van der Waals surface area contributed by atoms with Crippen LogP contribution in [0.15, 0.2) is 0 Å². The fourth-order valence-electron chi connectivity index (χ4n) is 9.23. The van der Waals surface area contributed by atoms with Gasteiger partial charge in [0.15, 0.2) is 0 Å². The summed E-state index contributed by atoms with van der Waals surface area (Å²) >= 11 is 0. The van der Waals surface area contributed by atoms with Gasteiger partial charge in [-0.2, -0.15) is 0 Å². The van der Waals surface area contributed by atoms with E-state index in [9.17, 15) is 9.90 Å². The summed E-state index contributed by atoms with van der Waals surface area (Å²) in [6.07, 6.45) is 9.96. The van der Waals surface area contributed by atoms with Gasteiger partial charge in [0.05, 0.1) is 6.10 Å². The standard InChI is InChI=1S/C29H51NO3/c1-19(9-8-10-25(32)33-27(2,3)4)21-11-12-22-26-23(13-14-29(21,22)6)28(5)15-16-30(7)18-20(28)17-24(26)31/h19-24,26,31H,8-18H2,1-7H3/t19-,20-,21-,22+,23+,24+,26+,28+,29-/m1/s1. The van der Waals surface area contributed by atoms with Gasteiger partial charge < -0.3 is 14.7 Å². The smallest absolute Gasteiger partial charge is 0.306 e. The van der Waals surface area contributed by atoms with Gasteiger partial charge in [-0.3, -0.25) is 4.79 Å². The van der Waals surface area contributed by atoms with Gasteiger partial charge in [0.1, 0.15) is 5.60 Å². The molecular weight excluding hydrogens is 410 g/mol. The first-order valence-corrected chi connectivity index (χ1v) is 13.9. The van der Waals surface area contributed by atoms with E-state index in [1.165, 1.54) is 38.6 Å². The minimum atomic E-state index is -0.391. The van der Waals surface area contributed by atoms with E-state index in [1.807, 2.05) is 20.8 Å². The lowest BCUT2D eigenvalue weighted by molar-refractivity contribution is -0.170. The third-order valence-electron chi connectivity index (χ3n) is 10.9. The summed E-state index contributed by atoms with van der Waals surface area (Å²) in [6, 6.07) is 0. The lowest BCUT2D eigenvalue weighted by atomic mass is 9.44. The van der Waals surface area contributed by atoms with Crippen LogP contribution in [0.25, 0.3) is 0 Å². The Morgan fingerprint density at radius 2 is 1.82 bits per heavy atom. The Hall–Kier alpha value is -0.610. The molecule has 0 amide bonds. The summed E-state index contributed by atoms with van der Waals surface area (Å²) in [5.74, 6) is 3.80. The molecule has 0 bridgehead atoms. The van der Waals surface area contributed by atoms with Crippen LogP contribution in [0, 0.1) is 46.3 Å². The summed E-state index contributed by atoms with van der Waals surface area (Å²) in [6.45, 7) is 15.8. The second kappa shape index (κ2) is 9.12. The van der Waals surface area contributed by atoms with Gasteiger partial charge in [0.2, 0.25) is 0 Å². The van der Waals surface area contributed by atoms with Crippen LogP contribution in [0.2, 0.25) is 0 Å². The molecule has 0 spiro atoms. The highest BCUT2D eigenvalue weighted by molar-refractivity contribution is 5.69. The largest absolute Gasteiger partial charge is 0.460 e. The van der Waals surface area contributed by atoms with Crippen LogP contribution in [0.1, 0.15) is 99.3 Å². The van der Waals surface area contributed by atoms with Crippen molar-refractivity contribution in [1.82, 2.24) is 4.90 Å². The lowest BCUT2D eigenvalue weighted by Gasteiger charge is -2.62. The highest BCUT2D eigenvalue weighted by Gasteiger charge is 2.62. The number of fused-ring (bicyclic) bond motifs is 5. The Labute approximate surface area is 203 Å². The van der Waals surface area contributed by atoms with Crippen LogP contribution in [-0.4, -0.2) is 47.8 Å². The van der Waals surface area contributed by atoms with Gasteiger partial charge in [0.25, 0.3) is 0 Å². The topological polar surface area (TPSA) is 49.8 Å². The predicted octanol–water partition coefficient (Wildman–Crippen LogP) is 5.92. The normalized spacial score (nSPS) is 44.5. The summed E-state index contributed by atoms with van der Waals surface area (Å²) in [4.78, 5) is 14.6. The SMILES string of the molecule is C[C@H](CCCC(=O)OC(C)(C)C)[C@H]1CC[C@H]2[C@@H]3[C@@H](O)C[C@@H]4CN(C)CC[C@]4(C)[C@H]3CC[C@]12C. The van der Waals surface area contributed by atoms with Gasteiger partial charge in [-0.1, -0.05) is 20.8 Å². The maximum Gasteiger partial charge on any atom is 0.306 e. The molecule has 1 heterocycles. The lowest BCUT2D eigenvalue weighted by Crippen LogP contribution is -2.60. The fourth-order valence-corrected chi connectivity index (χ4v) is 9.23. The average molecular weight is 462 g/mol. The maximum atomic E-state index is 12.2. The third-order valence-corrected chi connectivity index (χ3v) is 10.9. The molecule has 9 atom stereocenters. The number of piperidine rings is 1. The minimum absolute atomic E-state index is 0.0584. The summed E-state index contributed by atoms with van der Waals surface area (Å²) in [5, 5.41) is 11.5. The molecule has 3 saturated carbocycles. The van der Waals surface area contributed by atoms with Crippen LogP contribution < -0.4 is 0 Å². The molecule has 0 unspecified atom stereocenters. The second-order valence-corrected chi connectivity index (χ2v) is 14.0. The molecule has 4 aliphatic rings. The zero-order valence-corrected chi connectivity index (χ0v) is 22.5. The second-order valence-electron chi connectivity index (χ2n) is 14.0. The monoisotopic (exact) mass is 461 g/mol. The predicted molar refractivity (Wildman–Crippen MR) is 134 cm³/mol. The molecular formula is C29H51NO3. The molecule has 33 heavy (non-hydrogen) atoms. The molecule has 1 aliphatic heterocycles. The molecule has 4 nitrogen and oxygen atoms in total. The number of esters is 1. The van der Waals surface area contributed by atoms with Crippen LogP contribution in [-0.2, 0) is 9.53 Å². The van der Waals surface area contributed by atoms with Crippen molar-refractivity contribution in [2.24, 2.45) is 46.3 Å². The van der Waals surface area contributed by atoms with Crippen molar-refractivity contribution in [1.29, 1.82) is 0 Å². The number of hydrogen-bond acceptors (Lipinski definition) is 4. The Morgan fingerprint density at radius 3 is 2.52 bits per heavy atom. The number of rotatable bonds is 5. The van der Waals surface area contributed by atoms with Crippen molar-refractivity contribution in [3.63, 3.8) is 0 Å². The molecule has 190 valence electrons. The number of carbonyl (C=O) groups is 1. The Bertz CT molecular complexity index is 716. The van der Waals surface area contributed by atoms with Crippen molar-refractivity contribution in [3.05, 3.63) is 0 Å². The fraction of sp³-hybridized carbons (Fsp3) is 0.966. The summed E-state index contributed by atoms with van der Waals surface area (Å²) in [5.41, 5.74) is 0.370. The molecule has 0 radical (unpaired) electrons. The number of hydrogen-bond donors (Lipinski definition) is 1. The molecule has 0 aromatic carbocycles. The van der Waals surface area contributed by atoms with Crippen molar-refractivity contribution in [2.45, 2.75) is 111 Å². The Morgan fingerprint density at radius 1 is 1.12 bits per heavy atom. The van der Waals surface area contributed by atoms with Crippen LogP contribution in [0.4, 0.5) is 0 Å². The number of nitrogens with zero attached hydrogens (tertiary/aromatic N) is 1. The molecule has 0 aromatic rings. The van der Waals surface area contributed by atoms with E-state index >= 15 is 0 Å². The summed E-state index contributed by atoms with van der Waals surface area (Å²) in [7, 11) is 2.25. The Kier molecular flexibility index (Phi) is 7.04. The zero-order chi connectivity index (χ0) is 24.2. The van der Waals surface area contributed by atoms with E-state index in [1.54, 1.807) is 0 Å². The Balaban J connectivity index is 1.41. The number of aliphatic hydroxyl groups is 1. The van der Waals surface area contributed by atoms with E-state index in [4.69, 9.17) is 4.74 Å². The molecule has 0 aromatic heterocycles. The molecule has 1 N–H and O–H groups in total. The van der Waals surface area contributed by atoms with E-state index < -0.39 is 5.60 Å². The highest BCUT2D eigenvalue weighted by Crippen LogP contribution is 2.67. The van der Waals surface area contributed by atoms with Crippen LogP contribution >= 0.6 is 0 Å². The molecule has 4 fully saturated rings. The highest BCUT2D eigenvalue weighted by atomic mass is 16.6. The molecule has 4 rings (SSSR count). The first-order chi connectivity index (χ1) is 15.3. The van der Waals surface area contributed by atoms with Gasteiger partial charge in [-0.15, -0.1) is 0 Å². The minimum Gasteiger partial charge on any atom is -0.460 e. The molecule has 1 saturated heterocycles. The molecule has 4 heteroatoms. The summed E-state index contributed by atoms with van der Waals surface area (Å²) < 4.78 is 5.51. The third kappa shape index (κ3) is 4.77. The van der Waals surface area contributed by atoms with Crippen molar-refractivity contribution >= 4 is 5.97 Å². The van der Waals surface area contributed by atoms with Crippen LogP contribution in [0.5, 0.6) is 0 Å². The van der Waals surface area contributed by atoms with E-state index in [2.05, 4.69) is 32.7 Å². The number of ether oxygens (including phenoxy) is 1. The van der Waals surface area contributed by atoms with Crippen molar-refractivity contribution < 1.29 is 14.6 Å². The quantitative estimate of drug-likeness (QED) is 0.517. The van der Waals surface area contributed by atoms with Crippen molar-refractivity contribution in [3.8, 4) is 0 Å². The zero-order valence-electron chi connectivity index (χ0n) is 22.5. The van der Waals surface area contributed by atoms with E-state index in [-0.39, 0.29) is 12.1 Å². The number of aliphatic hydroxyl groups excluding tert-OH is 1. The van der Waals surface area contributed by atoms with Gasteiger partial charge in [-0.05, 0) is 132 Å². The van der Waals surface area contributed by atoms with Gasteiger partial charge in [0, 0.05) is 13.0 Å². The van der Waals surface area contributed by atoms with Gasteiger partial charge >= 0.3 is 5.97 Å². The van der Waals surface area contributed by atoms with Crippen LogP contribution in [0.3, 0.4) is 0 Å². The van der Waals surface area contributed by atoms with Crippen molar-refractivity contribution in [2.75, 3.05) is 20.1 Å². The molecule has 3 aliphatic carbocycles. The van der Waals surface area contributed by atoms with E-state index in [0.29, 0.717) is 46.8 Å². The first kappa shape index (κ1) is 25.5. The number of carbonyl (C=O) groups excluding carboxylic acids is 1. The average Bonchev–Trinajstić information content (AvgIpc) is 3.05. The first-order valence-electron chi connectivity index (χ1n) is 13.9.